The van der Waals surface area contributed by atoms with Crippen molar-refractivity contribution in [3.05, 3.63) is 23.3 Å². The summed E-state index contributed by atoms with van der Waals surface area (Å²) < 4.78 is 23.4. The van der Waals surface area contributed by atoms with Crippen LogP contribution in [0.25, 0.3) is 0 Å². The molecule has 0 aromatic carbocycles. The number of rotatable bonds is 4. The molecule has 2 bridgehead atoms. The molecule has 0 radical (unpaired) electrons. The van der Waals surface area contributed by atoms with E-state index in [1.807, 2.05) is 13.8 Å². The Kier molecular flexibility index (Phi) is 7.99. The van der Waals surface area contributed by atoms with Crippen LogP contribution in [-0.2, 0) is 42.9 Å². The number of esters is 4. The Morgan fingerprint density at radius 1 is 0.895 bits per heavy atom. The van der Waals surface area contributed by atoms with Crippen molar-refractivity contribution in [3.63, 3.8) is 0 Å². The minimum atomic E-state index is -1.39. The number of ether oxygens (including phenoxy) is 4. The Morgan fingerprint density at radius 2 is 1.42 bits per heavy atom. The highest BCUT2D eigenvalue weighted by atomic mass is 16.6. The van der Waals surface area contributed by atoms with Crippen molar-refractivity contribution < 1.29 is 48.0 Å². The molecule has 38 heavy (non-hydrogen) atoms. The van der Waals surface area contributed by atoms with Crippen LogP contribution in [-0.4, -0.2) is 65.3 Å². The number of hydrogen-bond donors (Lipinski definition) is 1. The SMILES string of the molecule is C=C1C2[C@H](OC(C)=O)C3CC(=O)C(C)=C(C(OC(C)=O)[C@H](OC(C)=O)C2(C)C(OC(C)=O)C[C@@H]1O)C3(C)C. The van der Waals surface area contributed by atoms with E-state index in [-0.39, 0.29) is 24.2 Å². The quantitative estimate of drug-likeness (QED) is 0.325. The van der Waals surface area contributed by atoms with Gasteiger partial charge in [0.25, 0.3) is 0 Å². The fourth-order valence-corrected chi connectivity index (χ4v) is 6.98. The first-order chi connectivity index (χ1) is 17.4. The van der Waals surface area contributed by atoms with Gasteiger partial charge in [-0.15, -0.1) is 0 Å². The molecule has 5 unspecified atom stereocenters. The third-order valence-corrected chi connectivity index (χ3v) is 8.57. The molecule has 3 rings (SSSR count). The van der Waals surface area contributed by atoms with Crippen molar-refractivity contribution in [2.24, 2.45) is 22.7 Å². The van der Waals surface area contributed by atoms with Gasteiger partial charge >= 0.3 is 23.9 Å². The summed E-state index contributed by atoms with van der Waals surface area (Å²) in [7, 11) is 0. The van der Waals surface area contributed by atoms with Gasteiger partial charge in [0.2, 0.25) is 0 Å². The smallest absolute Gasteiger partial charge is 0.303 e. The highest BCUT2D eigenvalue weighted by molar-refractivity contribution is 5.97. The highest BCUT2D eigenvalue weighted by Gasteiger charge is 2.67. The van der Waals surface area contributed by atoms with Crippen molar-refractivity contribution >= 4 is 29.7 Å². The van der Waals surface area contributed by atoms with Gasteiger partial charge in [-0.25, -0.2) is 0 Å². The van der Waals surface area contributed by atoms with E-state index >= 15 is 0 Å². The van der Waals surface area contributed by atoms with Gasteiger partial charge in [0, 0.05) is 52.4 Å². The number of fused-ring (bicyclic) bond motifs is 3. The van der Waals surface area contributed by atoms with E-state index in [2.05, 4.69) is 6.58 Å². The highest BCUT2D eigenvalue weighted by Crippen LogP contribution is 2.60. The molecule has 2 fully saturated rings. The van der Waals surface area contributed by atoms with E-state index in [0.29, 0.717) is 11.1 Å². The van der Waals surface area contributed by atoms with Crippen LogP contribution in [0.2, 0.25) is 0 Å². The number of aliphatic hydroxyl groups is 1. The van der Waals surface area contributed by atoms with Crippen molar-refractivity contribution in [3.8, 4) is 0 Å². The fourth-order valence-electron chi connectivity index (χ4n) is 6.98. The van der Waals surface area contributed by atoms with Crippen LogP contribution in [0.5, 0.6) is 0 Å². The van der Waals surface area contributed by atoms with Crippen molar-refractivity contribution in [1.82, 2.24) is 0 Å². The number of aliphatic hydroxyl groups excluding tert-OH is 1. The van der Waals surface area contributed by atoms with Gasteiger partial charge in [-0.1, -0.05) is 27.4 Å². The zero-order chi connectivity index (χ0) is 28.9. The summed E-state index contributed by atoms with van der Waals surface area (Å²) in [6.45, 7) is 16.0. The Balaban J connectivity index is 2.50. The first-order valence-electron chi connectivity index (χ1n) is 12.7. The van der Waals surface area contributed by atoms with Crippen LogP contribution in [0.15, 0.2) is 23.3 Å². The molecule has 10 nitrogen and oxygen atoms in total. The number of carbonyl (C=O) groups excluding carboxylic acids is 5. The lowest BCUT2D eigenvalue weighted by molar-refractivity contribution is -0.227. The van der Waals surface area contributed by atoms with Gasteiger partial charge < -0.3 is 24.1 Å². The van der Waals surface area contributed by atoms with Gasteiger partial charge in [-0.3, -0.25) is 24.0 Å². The molecule has 0 aromatic heterocycles. The molecule has 0 spiro atoms. The molecule has 10 heteroatoms. The van der Waals surface area contributed by atoms with E-state index in [0.717, 1.165) is 0 Å². The molecule has 3 aliphatic carbocycles. The summed E-state index contributed by atoms with van der Waals surface area (Å²) in [5.74, 6) is -4.44. The second-order valence-electron chi connectivity index (χ2n) is 11.4. The van der Waals surface area contributed by atoms with Crippen LogP contribution >= 0.6 is 0 Å². The normalized spacial score (nSPS) is 36.3. The maximum atomic E-state index is 13.4. The number of carbonyl (C=O) groups is 5. The number of Topliss-reactive ketones (excluding diaryl/α,β-unsaturated/α-hetero) is 1. The van der Waals surface area contributed by atoms with Crippen LogP contribution in [0.1, 0.15) is 68.2 Å². The van der Waals surface area contributed by atoms with Gasteiger partial charge in [-0.2, -0.15) is 0 Å². The van der Waals surface area contributed by atoms with Crippen LogP contribution in [0.4, 0.5) is 0 Å². The van der Waals surface area contributed by atoms with Crippen LogP contribution < -0.4 is 0 Å². The molecule has 2 saturated carbocycles. The third-order valence-electron chi connectivity index (χ3n) is 8.57. The van der Waals surface area contributed by atoms with Gasteiger partial charge in [0.1, 0.15) is 12.2 Å². The monoisotopic (exact) mass is 534 g/mol. The first-order valence-corrected chi connectivity index (χ1v) is 12.7. The van der Waals surface area contributed by atoms with E-state index in [1.54, 1.807) is 13.8 Å². The minimum Gasteiger partial charge on any atom is -0.462 e. The third kappa shape index (κ3) is 4.90. The molecule has 8 atom stereocenters. The largest absolute Gasteiger partial charge is 0.462 e. The molecule has 3 aliphatic rings. The molecule has 0 aliphatic heterocycles. The number of hydrogen-bond acceptors (Lipinski definition) is 10. The molecule has 0 amide bonds. The predicted octanol–water partition coefficient (Wildman–Crippen LogP) is 2.60. The molecule has 0 heterocycles. The number of ketones is 1. The Bertz CT molecular complexity index is 1100. The van der Waals surface area contributed by atoms with Crippen molar-refractivity contribution in [2.45, 2.75) is 98.8 Å². The lowest BCUT2D eigenvalue weighted by Gasteiger charge is -2.60. The lowest BCUT2D eigenvalue weighted by Crippen LogP contribution is -2.68. The van der Waals surface area contributed by atoms with E-state index in [4.69, 9.17) is 18.9 Å². The molecule has 1 N–H and O–H groups in total. The number of allylic oxidation sites excluding steroid dienone is 1. The van der Waals surface area contributed by atoms with Gasteiger partial charge in [0.05, 0.1) is 11.5 Å². The second kappa shape index (κ2) is 10.3. The van der Waals surface area contributed by atoms with E-state index in [1.165, 1.54) is 27.7 Å². The average molecular weight is 535 g/mol. The molecular formula is C28H38O10. The molecule has 0 saturated heterocycles. The second-order valence-corrected chi connectivity index (χ2v) is 11.4. The van der Waals surface area contributed by atoms with Crippen LogP contribution in [0, 0.1) is 22.7 Å². The van der Waals surface area contributed by atoms with Crippen molar-refractivity contribution in [1.29, 1.82) is 0 Å². The summed E-state index contributed by atoms with van der Waals surface area (Å²) in [6.07, 6.45) is -5.81. The van der Waals surface area contributed by atoms with Crippen LogP contribution in [0.3, 0.4) is 0 Å². The van der Waals surface area contributed by atoms with E-state index < -0.39 is 77.1 Å². The molecular weight excluding hydrogens is 496 g/mol. The zero-order valence-corrected chi connectivity index (χ0v) is 23.3. The summed E-state index contributed by atoms with van der Waals surface area (Å²) in [4.78, 5) is 63.1. The topological polar surface area (TPSA) is 143 Å². The summed E-state index contributed by atoms with van der Waals surface area (Å²) in [6, 6.07) is 0. The zero-order valence-electron chi connectivity index (χ0n) is 23.3. The Labute approximate surface area is 222 Å². The first kappa shape index (κ1) is 29.5. The minimum absolute atomic E-state index is 0.0134. The maximum absolute atomic E-state index is 13.4. The average Bonchev–Trinajstić information content (AvgIpc) is 2.75. The van der Waals surface area contributed by atoms with Gasteiger partial charge in [0.15, 0.2) is 18.0 Å². The summed E-state index contributed by atoms with van der Waals surface area (Å²) >= 11 is 0. The standard InChI is InChI=1S/C28H38O10/c1-12-19(33)10-18-24(36-15(4)30)23-13(2)20(34)11-21(35-14(3)29)28(23,9)26(38-17(6)32)25(37-16(5)31)22(12)27(18,7)8/h18,20-21,23-26,34H,2,10-11H2,1,3-9H3/t18?,20-,21?,23?,24+,25?,26-,28?/m0/s1. The van der Waals surface area contributed by atoms with Crippen molar-refractivity contribution in [2.75, 3.05) is 0 Å². The molecule has 210 valence electrons. The lowest BCUT2D eigenvalue weighted by atomic mass is 9.48. The summed E-state index contributed by atoms with van der Waals surface area (Å²) in [5, 5.41) is 11.1. The fraction of sp³-hybridized carbons (Fsp3) is 0.679. The molecule has 0 aromatic rings. The van der Waals surface area contributed by atoms with E-state index in [9.17, 15) is 29.1 Å². The Hall–Kier alpha value is -3.01. The summed E-state index contributed by atoms with van der Waals surface area (Å²) in [5.41, 5.74) is -1.21. The Morgan fingerprint density at radius 3 is 1.92 bits per heavy atom. The predicted molar refractivity (Wildman–Crippen MR) is 133 cm³/mol. The maximum Gasteiger partial charge on any atom is 0.303 e. The van der Waals surface area contributed by atoms with Gasteiger partial charge in [-0.05, 0) is 29.1 Å².